The van der Waals surface area contributed by atoms with Gasteiger partial charge in [-0.1, -0.05) is 12.1 Å². The maximum absolute atomic E-state index is 14.7. The van der Waals surface area contributed by atoms with E-state index in [9.17, 15) is 33.6 Å². The highest BCUT2D eigenvalue weighted by Crippen LogP contribution is 2.53. The number of alkyl carbamates (subject to hydrolysis) is 2. The van der Waals surface area contributed by atoms with Crippen LogP contribution in [0.25, 0.3) is 0 Å². The van der Waals surface area contributed by atoms with Gasteiger partial charge in [0.05, 0.1) is 5.69 Å². The molecule has 1 unspecified atom stereocenters. The van der Waals surface area contributed by atoms with Crippen LogP contribution in [0.5, 0.6) is 11.5 Å². The van der Waals surface area contributed by atoms with Gasteiger partial charge in [-0.2, -0.15) is 0 Å². The number of carboxylic acid groups (broad SMARTS) is 1. The lowest BCUT2D eigenvalue weighted by Gasteiger charge is -2.27. The Morgan fingerprint density at radius 3 is 1.44 bits per heavy atom. The average molecular weight is 769 g/mol. The van der Waals surface area contributed by atoms with Gasteiger partial charge in [-0.05, 0) is 108 Å². The molecule has 54 heavy (non-hydrogen) atoms. The van der Waals surface area contributed by atoms with Crippen molar-refractivity contribution in [1.29, 1.82) is 0 Å². The van der Waals surface area contributed by atoms with Crippen LogP contribution >= 0.6 is 7.60 Å². The Kier molecular flexibility index (Phi) is 14.2. The average Bonchev–Trinajstić information content (AvgIpc) is 3.01. The number of hydrogen-bond acceptors (Lipinski definition) is 11. The van der Waals surface area contributed by atoms with E-state index in [2.05, 4.69) is 31.6 Å². The Hall–Kier alpha value is -6.09. The second-order valence-corrected chi connectivity index (χ2v) is 15.8. The zero-order valence-corrected chi connectivity index (χ0v) is 32.0. The van der Waals surface area contributed by atoms with Gasteiger partial charge >= 0.3 is 25.9 Å². The summed E-state index contributed by atoms with van der Waals surface area (Å²) in [5, 5.41) is 22.0. The lowest BCUT2D eigenvalue weighted by atomic mass is 10.1. The summed E-state index contributed by atoms with van der Waals surface area (Å²) in [6.45, 7) is 12.7. The fraction of sp³-hybridized carbons (Fsp3) is 0.333. The standard InChI is InChI=1S/C36H45N6O11P/c1-22(43)37-25-13-17-28(18-14-25)52-54(49,53-29-19-15-26(16-20-29)38-23(2)44)30(40-32(45)46)21-24-9-11-27(12-10-24)39-31(41-33(47)50-35(3,4)5)42-34(48)51-36(6,7)8/h9-20,30,40H,21H2,1-8H3,(H,37,43)(H,38,44)(H,45,46)(H2,39,41,42,47,48). The summed E-state index contributed by atoms with van der Waals surface area (Å²) in [5.74, 6) is -2.29. The molecule has 6 N–H and O–H groups in total. The van der Waals surface area contributed by atoms with Crippen molar-refractivity contribution in [1.82, 2.24) is 16.0 Å². The molecule has 5 amide bonds. The molecule has 3 rings (SSSR count). The van der Waals surface area contributed by atoms with E-state index < -0.39 is 42.9 Å². The highest BCUT2D eigenvalue weighted by molar-refractivity contribution is 7.55. The van der Waals surface area contributed by atoms with Crippen molar-refractivity contribution in [2.75, 3.05) is 10.6 Å². The molecule has 0 spiro atoms. The minimum atomic E-state index is -4.50. The predicted molar refractivity (Wildman–Crippen MR) is 201 cm³/mol. The van der Waals surface area contributed by atoms with Crippen LogP contribution in [0.4, 0.5) is 31.4 Å². The van der Waals surface area contributed by atoms with E-state index in [1.54, 1.807) is 53.7 Å². The molecule has 18 heteroatoms. The predicted octanol–water partition coefficient (Wildman–Crippen LogP) is 7.13. The van der Waals surface area contributed by atoms with E-state index in [1.165, 1.54) is 74.5 Å². The molecule has 0 aliphatic carbocycles. The third-order valence-electron chi connectivity index (χ3n) is 6.33. The molecule has 290 valence electrons. The van der Waals surface area contributed by atoms with Gasteiger partial charge in [-0.25, -0.2) is 23.9 Å². The first-order valence-electron chi connectivity index (χ1n) is 16.5. The third-order valence-corrected chi connectivity index (χ3v) is 8.34. The van der Waals surface area contributed by atoms with Crippen molar-refractivity contribution in [2.24, 2.45) is 4.99 Å². The minimum Gasteiger partial charge on any atom is -0.465 e. The molecule has 1 atom stereocenters. The first-order chi connectivity index (χ1) is 25.1. The van der Waals surface area contributed by atoms with Crippen molar-refractivity contribution in [3.05, 3.63) is 78.4 Å². The summed E-state index contributed by atoms with van der Waals surface area (Å²) in [7, 11) is -4.50. The van der Waals surface area contributed by atoms with Crippen LogP contribution in [-0.2, 0) is 30.0 Å². The van der Waals surface area contributed by atoms with Crippen LogP contribution in [0, 0.1) is 0 Å². The normalized spacial score (nSPS) is 11.9. The van der Waals surface area contributed by atoms with E-state index in [-0.39, 0.29) is 41.4 Å². The van der Waals surface area contributed by atoms with Gasteiger partial charge in [-0.15, -0.1) is 0 Å². The maximum atomic E-state index is 14.7. The number of aliphatic imine (C=N–C) groups is 1. The molecule has 0 bridgehead atoms. The van der Waals surface area contributed by atoms with Crippen molar-refractivity contribution in [2.45, 2.75) is 78.8 Å². The Balaban J connectivity index is 1.97. The molecular weight excluding hydrogens is 723 g/mol. The number of hydrogen-bond donors (Lipinski definition) is 6. The monoisotopic (exact) mass is 768 g/mol. The lowest BCUT2D eigenvalue weighted by molar-refractivity contribution is -0.115. The van der Waals surface area contributed by atoms with Gasteiger partial charge in [0.2, 0.25) is 17.8 Å². The van der Waals surface area contributed by atoms with Crippen LogP contribution in [0.1, 0.15) is 61.0 Å². The molecule has 0 aliphatic rings. The fourth-order valence-corrected chi connectivity index (χ4v) is 6.20. The van der Waals surface area contributed by atoms with Crippen molar-refractivity contribution < 1.29 is 52.2 Å². The minimum absolute atomic E-state index is 0.0479. The number of nitrogens with one attached hydrogen (secondary N) is 5. The molecule has 0 radical (unpaired) electrons. The molecule has 3 aromatic rings. The zero-order valence-electron chi connectivity index (χ0n) is 31.1. The number of carbonyl (C=O) groups is 5. The van der Waals surface area contributed by atoms with Crippen molar-refractivity contribution in [3.63, 3.8) is 0 Å². The Bertz CT molecular complexity index is 1790. The largest absolute Gasteiger partial charge is 0.465 e. The van der Waals surface area contributed by atoms with Gasteiger partial charge in [-0.3, -0.25) is 20.2 Å². The first kappa shape index (κ1) is 42.3. The van der Waals surface area contributed by atoms with Gasteiger partial charge in [0.15, 0.2) is 5.78 Å². The number of guanidine groups is 1. The first-order valence-corrected chi connectivity index (χ1v) is 18.1. The third kappa shape index (κ3) is 15.3. The summed E-state index contributed by atoms with van der Waals surface area (Å²) in [4.78, 5) is 64.3. The van der Waals surface area contributed by atoms with Crippen LogP contribution in [-0.4, -0.2) is 58.1 Å². The van der Waals surface area contributed by atoms with Gasteiger partial charge in [0.1, 0.15) is 22.7 Å². The van der Waals surface area contributed by atoms with E-state index in [1.807, 2.05) is 0 Å². The summed E-state index contributed by atoms with van der Waals surface area (Å²) < 4.78 is 37.1. The van der Waals surface area contributed by atoms with Crippen LogP contribution in [0.3, 0.4) is 0 Å². The number of benzene rings is 3. The van der Waals surface area contributed by atoms with E-state index in [0.717, 1.165) is 0 Å². The molecule has 0 saturated heterocycles. The smallest absolute Gasteiger partial charge is 0.453 e. The molecule has 0 heterocycles. The number of carbonyl (C=O) groups excluding carboxylic acids is 4. The second-order valence-electron chi connectivity index (χ2n) is 13.7. The molecule has 0 aliphatic heterocycles. The van der Waals surface area contributed by atoms with E-state index >= 15 is 0 Å². The number of ether oxygens (including phenoxy) is 2. The van der Waals surface area contributed by atoms with Crippen LogP contribution in [0.15, 0.2) is 77.8 Å². The number of rotatable bonds is 11. The molecular formula is C36H45N6O11P. The number of amides is 5. The highest BCUT2D eigenvalue weighted by Gasteiger charge is 2.41. The topological polar surface area (TPSA) is 232 Å². The molecule has 0 fully saturated rings. The fourth-order valence-electron chi connectivity index (χ4n) is 4.38. The van der Waals surface area contributed by atoms with E-state index in [4.69, 9.17) is 18.5 Å². The molecule has 0 aromatic heterocycles. The second kappa shape index (κ2) is 18.1. The molecule has 17 nitrogen and oxygen atoms in total. The van der Waals surface area contributed by atoms with Gasteiger partial charge in [0, 0.05) is 31.6 Å². The summed E-state index contributed by atoms with van der Waals surface area (Å²) in [5.41, 5.74) is -0.104. The number of anilines is 2. The SMILES string of the molecule is CC(=O)Nc1ccc(OP(=O)(Oc2ccc(NC(C)=O)cc2)C(Cc2ccc(N=C(NC(=O)OC(C)(C)C)NC(=O)OC(C)(C)C)cc2)NC(=O)O)cc1. The quantitative estimate of drug-likeness (QED) is 0.0653. The summed E-state index contributed by atoms with van der Waals surface area (Å²) in [6, 6.07) is 17.9. The Morgan fingerprint density at radius 1 is 0.685 bits per heavy atom. The summed E-state index contributed by atoms with van der Waals surface area (Å²) in [6.07, 6.45) is -3.49. The summed E-state index contributed by atoms with van der Waals surface area (Å²) >= 11 is 0. The van der Waals surface area contributed by atoms with Crippen molar-refractivity contribution >= 4 is 60.7 Å². The maximum Gasteiger partial charge on any atom is 0.453 e. The van der Waals surface area contributed by atoms with Crippen LogP contribution < -0.4 is 35.6 Å². The highest BCUT2D eigenvalue weighted by atomic mass is 31.2. The Morgan fingerprint density at radius 2 is 1.09 bits per heavy atom. The van der Waals surface area contributed by atoms with Gasteiger partial charge < -0.3 is 39.6 Å². The zero-order chi connectivity index (χ0) is 40.3. The number of nitrogens with zero attached hydrogens (tertiary/aromatic N) is 1. The molecule has 3 aromatic carbocycles. The Labute approximate surface area is 312 Å². The molecule has 0 saturated carbocycles. The lowest BCUT2D eigenvalue weighted by Crippen LogP contribution is -2.47. The van der Waals surface area contributed by atoms with Crippen LogP contribution in [0.2, 0.25) is 0 Å². The van der Waals surface area contributed by atoms with Gasteiger partial charge in [0.25, 0.3) is 0 Å². The van der Waals surface area contributed by atoms with Crippen molar-refractivity contribution in [3.8, 4) is 11.5 Å². The van der Waals surface area contributed by atoms with E-state index in [0.29, 0.717) is 16.9 Å².